The van der Waals surface area contributed by atoms with E-state index in [1.165, 1.54) is 31.6 Å². The molecule has 1 saturated heterocycles. The smallest absolute Gasteiger partial charge is 0.227 e. The van der Waals surface area contributed by atoms with E-state index in [2.05, 4.69) is 15.3 Å². The lowest BCUT2D eigenvalue weighted by molar-refractivity contribution is -0.122. The van der Waals surface area contributed by atoms with Crippen LogP contribution in [0.2, 0.25) is 0 Å². The predicted molar refractivity (Wildman–Crippen MR) is 110 cm³/mol. The molecule has 0 bridgehead atoms. The first-order chi connectivity index (χ1) is 15.0. The van der Waals surface area contributed by atoms with Gasteiger partial charge in [0.2, 0.25) is 11.9 Å². The van der Waals surface area contributed by atoms with E-state index in [0.29, 0.717) is 55.6 Å². The molecule has 1 amide bonds. The number of halogens is 2. The van der Waals surface area contributed by atoms with Crippen molar-refractivity contribution in [1.82, 2.24) is 15.3 Å². The first kappa shape index (κ1) is 22.5. The highest BCUT2D eigenvalue weighted by Gasteiger charge is 2.29. The van der Waals surface area contributed by atoms with Gasteiger partial charge in [0, 0.05) is 44.5 Å². The van der Waals surface area contributed by atoms with Crippen molar-refractivity contribution in [2.45, 2.75) is 37.5 Å². The van der Waals surface area contributed by atoms with Crippen LogP contribution in [-0.4, -0.2) is 48.6 Å². The Hall–Kier alpha value is -3.23. The van der Waals surface area contributed by atoms with Crippen molar-refractivity contribution >= 4 is 24.4 Å². The van der Waals surface area contributed by atoms with Gasteiger partial charge in [-0.2, -0.15) is 0 Å². The van der Waals surface area contributed by atoms with Gasteiger partial charge in [-0.05, 0) is 42.9 Å². The molecular formula is C22H24F2N4O3. The molecule has 0 radical (unpaired) electrons. The average Bonchev–Trinajstić information content (AvgIpc) is 2.80. The molecule has 1 unspecified atom stereocenters. The Labute approximate surface area is 178 Å². The number of aromatic nitrogens is 2. The topological polar surface area (TPSA) is 92.3 Å². The minimum absolute atomic E-state index is 0.0348. The van der Waals surface area contributed by atoms with Crippen LogP contribution >= 0.6 is 0 Å². The maximum absolute atomic E-state index is 14.9. The van der Waals surface area contributed by atoms with E-state index in [9.17, 15) is 23.2 Å². The van der Waals surface area contributed by atoms with Crippen LogP contribution in [0.25, 0.3) is 0 Å². The second kappa shape index (κ2) is 10.2. The van der Waals surface area contributed by atoms with E-state index in [1.807, 2.05) is 4.90 Å². The molecule has 0 spiro atoms. The largest absolute Gasteiger partial charge is 0.359 e. The summed E-state index contributed by atoms with van der Waals surface area (Å²) in [4.78, 5) is 43.9. The molecule has 9 heteroatoms. The summed E-state index contributed by atoms with van der Waals surface area (Å²) >= 11 is 0. The Morgan fingerprint density at radius 3 is 2.32 bits per heavy atom. The number of nitrogens with zero attached hydrogens (tertiary/aromatic N) is 3. The van der Waals surface area contributed by atoms with Crippen molar-refractivity contribution in [3.05, 3.63) is 52.9 Å². The van der Waals surface area contributed by atoms with Gasteiger partial charge in [-0.1, -0.05) is 0 Å². The highest BCUT2D eigenvalue weighted by atomic mass is 19.1. The van der Waals surface area contributed by atoms with E-state index in [-0.39, 0.29) is 24.3 Å². The van der Waals surface area contributed by atoms with Crippen molar-refractivity contribution in [1.29, 1.82) is 0 Å². The van der Waals surface area contributed by atoms with Crippen molar-refractivity contribution in [3.8, 4) is 0 Å². The number of aldehydes is 2. The predicted octanol–water partition coefficient (Wildman–Crippen LogP) is 2.76. The maximum atomic E-state index is 14.9. The third kappa shape index (κ3) is 5.10. The Kier molecular flexibility index (Phi) is 7.38. The van der Waals surface area contributed by atoms with Crippen LogP contribution in [0.4, 0.5) is 14.7 Å². The molecule has 1 aliphatic rings. The highest BCUT2D eigenvalue weighted by Crippen LogP contribution is 2.34. The Morgan fingerprint density at radius 1 is 1.19 bits per heavy atom. The summed E-state index contributed by atoms with van der Waals surface area (Å²) < 4.78 is 29.8. The van der Waals surface area contributed by atoms with Gasteiger partial charge in [-0.3, -0.25) is 9.59 Å². The van der Waals surface area contributed by atoms with Gasteiger partial charge in [-0.15, -0.1) is 0 Å². The molecule has 1 N–H and O–H groups in total. The van der Waals surface area contributed by atoms with Gasteiger partial charge >= 0.3 is 0 Å². The van der Waals surface area contributed by atoms with Gasteiger partial charge in [0.15, 0.2) is 6.29 Å². The summed E-state index contributed by atoms with van der Waals surface area (Å²) in [7, 11) is 1.39. The fraction of sp³-hybridized carbons (Fsp3) is 0.409. The molecule has 0 aliphatic carbocycles. The number of likely N-dealkylation sites (N-methyl/N-ethyl adjacent to an activating group) is 1. The fourth-order valence-electron chi connectivity index (χ4n) is 3.96. The van der Waals surface area contributed by atoms with Crippen LogP contribution < -0.4 is 10.2 Å². The fourth-order valence-corrected chi connectivity index (χ4v) is 3.96. The normalized spacial score (nSPS) is 15.4. The Balaban J connectivity index is 1.74. The van der Waals surface area contributed by atoms with Gasteiger partial charge in [0.25, 0.3) is 0 Å². The standard InChI is InChI=1S/C22H24F2N4O3/c1-25-21(31)17(3-2-8-29)20-18(23)9-16(10-19(20)24)15-4-6-28(7-5-15)22-26-11-14(13-30)12-27-22/h8-13,15,17H,2-7H2,1H3,(H,25,31). The first-order valence-corrected chi connectivity index (χ1v) is 10.1. The molecule has 1 fully saturated rings. The van der Waals surface area contributed by atoms with E-state index >= 15 is 0 Å². The minimum atomic E-state index is -1.06. The lowest BCUT2D eigenvalue weighted by atomic mass is 9.86. The summed E-state index contributed by atoms with van der Waals surface area (Å²) in [5, 5.41) is 2.41. The molecule has 2 aromatic rings. The molecule has 2 heterocycles. The number of amides is 1. The molecule has 1 atom stereocenters. The lowest BCUT2D eigenvalue weighted by Crippen LogP contribution is -2.34. The number of hydrogen-bond donors (Lipinski definition) is 1. The van der Waals surface area contributed by atoms with Crippen LogP contribution in [0.5, 0.6) is 0 Å². The number of piperidine rings is 1. The van der Waals surface area contributed by atoms with Crippen molar-refractivity contribution in [2.75, 3.05) is 25.0 Å². The number of carbonyl (C=O) groups is 3. The molecule has 164 valence electrons. The van der Waals surface area contributed by atoms with Crippen LogP contribution in [0.1, 0.15) is 59.0 Å². The third-order valence-corrected chi connectivity index (χ3v) is 5.63. The molecule has 1 aromatic heterocycles. The summed E-state index contributed by atoms with van der Waals surface area (Å²) in [5.41, 5.74) is 0.639. The van der Waals surface area contributed by atoms with Crippen LogP contribution in [0, 0.1) is 11.6 Å². The molecule has 7 nitrogen and oxygen atoms in total. The number of anilines is 1. The van der Waals surface area contributed by atoms with Crippen LogP contribution in [0.3, 0.4) is 0 Å². The summed E-state index contributed by atoms with van der Waals surface area (Å²) in [5.74, 6) is -2.66. The van der Waals surface area contributed by atoms with Gasteiger partial charge in [0.05, 0.1) is 11.5 Å². The summed E-state index contributed by atoms with van der Waals surface area (Å²) in [6, 6.07) is 2.59. The zero-order valence-electron chi connectivity index (χ0n) is 17.2. The molecule has 1 aromatic carbocycles. The van der Waals surface area contributed by atoms with Crippen LogP contribution in [-0.2, 0) is 9.59 Å². The third-order valence-electron chi connectivity index (χ3n) is 5.63. The average molecular weight is 430 g/mol. The minimum Gasteiger partial charge on any atom is -0.359 e. The molecule has 31 heavy (non-hydrogen) atoms. The molecule has 3 rings (SSSR count). The summed E-state index contributed by atoms with van der Waals surface area (Å²) in [6.07, 6.45) is 5.60. The monoisotopic (exact) mass is 430 g/mol. The number of nitrogens with one attached hydrogen (secondary N) is 1. The second-order valence-electron chi connectivity index (χ2n) is 7.50. The van der Waals surface area contributed by atoms with Gasteiger partial charge < -0.3 is 15.0 Å². The number of benzene rings is 1. The SMILES string of the molecule is CNC(=O)C(CCC=O)c1c(F)cc(C2CCN(c3ncc(C=O)cn3)CC2)cc1F. The molecular weight excluding hydrogens is 406 g/mol. The lowest BCUT2D eigenvalue weighted by Gasteiger charge is -2.32. The zero-order chi connectivity index (χ0) is 22.4. The molecule has 1 aliphatic heterocycles. The van der Waals surface area contributed by atoms with Crippen LogP contribution in [0.15, 0.2) is 24.5 Å². The Bertz CT molecular complexity index is 921. The quantitative estimate of drug-likeness (QED) is 0.648. The van der Waals surface area contributed by atoms with Gasteiger partial charge in [0.1, 0.15) is 17.9 Å². The zero-order valence-corrected chi connectivity index (χ0v) is 17.2. The Morgan fingerprint density at radius 2 is 1.81 bits per heavy atom. The molecule has 0 saturated carbocycles. The van der Waals surface area contributed by atoms with Gasteiger partial charge in [-0.25, -0.2) is 18.7 Å². The maximum Gasteiger partial charge on any atom is 0.227 e. The van der Waals surface area contributed by atoms with Crippen molar-refractivity contribution in [3.63, 3.8) is 0 Å². The summed E-state index contributed by atoms with van der Waals surface area (Å²) in [6.45, 7) is 1.21. The number of rotatable bonds is 8. The highest BCUT2D eigenvalue weighted by molar-refractivity contribution is 5.83. The van der Waals surface area contributed by atoms with E-state index in [1.54, 1.807) is 0 Å². The van der Waals surface area contributed by atoms with Crippen molar-refractivity contribution in [2.24, 2.45) is 0 Å². The second-order valence-corrected chi connectivity index (χ2v) is 7.50. The number of hydrogen-bond acceptors (Lipinski definition) is 6. The number of carbonyl (C=O) groups excluding carboxylic acids is 3. The van der Waals surface area contributed by atoms with E-state index in [0.717, 1.165) is 0 Å². The van der Waals surface area contributed by atoms with E-state index in [4.69, 9.17) is 0 Å². The first-order valence-electron chi connectivity index (χ1n) is 10.1. The van der Waals surface area contributed by atoms with E-state index < -0.39 is 23.5 Å². The van der Waals surface area contributed by atoms with Crippen molar-refractivity contribution < 1.29 is 23.2 Å².